The summed E-state index contributed by atoms with van der Waals surface area (Å²) >= 11 is 13.4. The first-order valence-electron chi connectivity index (χ1n) is 17.9. The molecule has 0 unspecified atom stereocenters. The van der Waals surface area contributed by atoms with E-state index in [9.17, 15) is 19.8 Å². The van der Waals surface area contributed by atoms with Gasteiger partial charge in [-0.2, -0.15) is 0 Å². The average Bonchev–Trinajstić information content (AvgIpc) is 3.24. The highest BCUT2D eigenvalue weighted by Crippen LogP contribution is 2.43. The van der Waals surface area contributed by atoms with Gasteiger partial charge in [0.15, 0.2) is 11.5 Å². The van der Waals surface area contributed by atoms with Gasteiger partial charge in [0.05, 0.1) is 21.2 Å². The maximum atomic E-state index is 13.2. The fourth-order valence-corrected chi connectivity index (χ4v) is 6.80. The van der Waals surface area contributed by atoms with Crippen molar-refractivity contribution in [3.63, 3.8) is 0 Å². The number of amides is 2. The van der Waals surface area contributed by atoms with Crippen molar-refractivity contribution in [2.24, 2.45) is 20.5 Å². The second-order valence-electron chi connectivity index (χ2n) is 13.1. The van der Waals surface area contributed by atoms with E-state index in [1.54, 1.807) is 109 Å². The summed E-state index contributed by atoms with van der Waals surface area (Å²) < 4.78 is 0. The number of para-hydroxylation sites is 2. The average molecular weight is 802 g/mol. The van der Waals surface area contributed by atoms with Crippen LogP contribution < -0.4 is 10.6 Å². The molecular weight excluding hydrogens is 771 g/mol. The Morgan fingerprint density at radius 2 is 0.828 bits per heavy atom. The van der Waals surface area contributed by atoms with Crippen LogP contribution >= 0.6 is 23.2 Å². The standard InChI is InChI=1S/C46H30Cl2N6O4/c47-37-25-27(19-21-39(37)51-53-41-33-17-9-7-11-29(33)23-35(43(41)55)45(57)49-31-13-3-1-4-14-31)28-20-22-40(38(48)26-28)52-54-42-34-18-10-8-12-30(34)24-36(44(42)56)46(58)50-32-15-5-2-6-16-32/h1-26,55-56H,(H,49,57)(H,50,58). The number of nitrogens with zero attached hydrogens (tertiary/aromatic N) is 4. The van der Waals surface area contributed by atoms with Gasteiger partial charge in [-0.05, 0) is 82.6 Å². The lowest BCUT2D eigenvalue weighted by Crippen LogP contribution is -2.12. The first-order valence-corrected chi connectivity index (χ1v) is 18.6. The molecule has 10 nitrogen and oxygen atoms in total. The van der Waals surface area contributed by atoms with Gasteiger partial charge in [0.1, 0.15) is 22.7 Å². The number of benzene rings is 8. The molecule has 0 aliphatic carbocycles. The molecule has 8 aromatic carbocycles. The highest BCUT2D eigenvalue weighted by molar-refractivity contribution is 6.34. The fraction of sp³-hybridized carbons (Fsp3) is 0. The molecule has 0 saturated carbocycles. The quantitative estimate of drug-likeness (QED) is 0.108. The van der Waals surface area contributed by atoms with Crippen LogP contribution in [-0.4, -0.2) is 22.0 Å². The Morgan fingerprint density at radius 1 is 0.448 bits per heavy atom. The van der Waals surface area contributed by atoms with Crippen LogP contribution in [0.15, 0.2) is 178 Å². The van der Waals surface area contributed by atoms with Gasteiger partial charge < -0.3 is 20.8 Å². The van der Waals surface area contributed by atoms with Crippen molar-refractivity contribution in [3.05, 3.63) is 179 Å². The third-order valence-corrected chi connectivity index (χ3v) is 9.89. The van der Waals surface area contributed by atoms with Crippen LogP contribution in [0, 0.1) is 0 Å². The largest absolute Gasteiger partial charge is 0.505 e. The molecule has 4 N–H and O–H groups in total. The van der Waals surface area contributed by atoms with E-state index >= 15 is 0 Å². The lowest BCUT2D eigenvalue weighted by molar-refractivity contribution is 0.101. The molecule has 12 heteroatoms. The van der Waals surface area contributed by atoms with Gasteiger partial charge in [0, 0.05) is 22.1 Å². The number of carbonyl (C=O) groups is 2. The summed E-state index contributed by atoms with van der Waals surface area (Å²) in [4.78, 5) is 26.4. The molecule has 2 amide bonds. The number of phenols is 2. The van der Waals surface area contributed by atoms with E-state index in [4.69, 9.17) is 23.2 Å². The van der Waals surface area contributed by atoms with Gasteiger partial charge in [-0.3, -0.25) is 9.59 Å². The third kappa shape index (κ3) is 7.83. The Hall–Kier alpha value is -7.40. The van der Waals surface area contributed by atoms with Crippen LogP contribution in [0.4, 0.5) is 34.1 Å². The number of aromatic hydroxyl groups is 2. The maximum Gasteiger partial charge on any atom is 0.259 e. The number of hydrogen-bond acceptors (Lipinski definition) is 8. The molecule has 0 aromatic heterocycles. The topological polar surface area (TPSA) is 148 Å². The van der Waals surface area contributed by atoms with E-state index in [0.29, 0.717) is 44.3 Å². The monoisotopic (exact) mass is 800 g/mol. The number of phenolic OH excluding ortho intramolecular Hbond substituents is 2. The molecule has 0 radical (unpaired) electrons. The number of fused-ring (bicyclic) bond motifs is 2. The number of rotatable bonds is 9. The molecule has 0 fully saturated rings. The summed E-state index contributed by atoms with van der Waals surface area (Å²) in [6.45, 7) is 0. The van der Waals surface area contributed by atoms with Crippen molar-refractivity contribution >= 4 is 90.7 Å². The normalized spacial score (nSPS) is 11.4. The Balaban J connectivity index is 1.05. The molecule has 0 spiro atoms. The number of carbonyl (C=O) groups excluding carboxylic acids is 2. The van der Waals surface area contributed by atoms with Crippen molar-refractivity contribution in [1.82, 2.24) is 0 Å². The maximum absolute atomic E-state index is 13.2. The predicted octanol–water partition coefficient (Wildman–Crippen LogP) is 13.7. The summed E-state index contributed by atoms with van der Waals surface area (Å²) in [6.07, 6.45) is 0. The van der Waals surface area contributed by atoms with Crippen molar-refractivity contribution in [2.75, 3.05) is 10.6 Å². The summed E-state index contributed by atoms with van der Waals surface area (Å²) in [6, 6.07) is 46.0. The van der Waals surface area contributed by atoms with E-state index in [0.717, 1.165) is 11.1 Å². The fourth-order valence-electron chi connectivity index (χ4n) is 6.37. The van der Waals surface area contributed by atoms with E-state index in [2.05, 4.69) is 31.1 Å². The number of anilines is 2. The van der Waals surface area contributed by atoms with Crippen LogP contribution in [-0.2, 0) is 0 Å². The summed E-state index contributed by atoms with van der Waals surface area (Å²) in [5, 5.41) is 48.8. The first kappa shape index (κ1) is 37.5. The molecule has 0 saturated heterocycles. The molecule has 8 aromatic rings. The number of azo groups is 2. The highest BCUT2D eigenvalue weighted by atomic mass is 35.5. The molecule has 58 heavy (non-hydrogen) atoms. The third-order valence-electron chi connectivity index (χ3n) is 9.29. The molecular formula is C46H30Cl2N6O4. The summed E-state index contributed by atoms with van der Waals surface area (Å²) in [7, 11) is 0. The van der Waals surface area contributed by atoms with Crippen molar-refractivity contribution in [2.45, 2.75) is 0 Å². The van der Waals surface area contributed by atoms with Gasteiger partial charge in [-0.1, -0.05) is 120 Å². The number of nitrogens with one attached hydrogen (secondary N) is 2. The zero-order valence-electron chi connectivity index (χ0n) is 30.3. The van der Waals surface area contributed by atoms with Crippen LogP contribution in [0.2, 0.25) is 10.0 Å². The minimum atomic E-state index is -0.496. The molecule has 0 bridgehead atoms. The molecule has 0 atom stereocenters. The van der Waals surface area contributed by atoms with Gasteiger partial charge in [0.25, 0.3) is 11.8 Å². The van der Waals surface area contributed by atoms with Crippen LogP contribution in [0.3, 0.4) is 0 Å². The Kier molecular flexibility index (Phi) is 10.6. The summed E-state index contributed by atoms with van der Waals surface area (Å²) in [5.41, 5.74) is 3.60. The minimum absolute atomic E-state index is 0.0442. The minimum Gasteiger partial charge on any atom is -0.505 e. The van der Waals surface area contributed by atoms with E-state index in [-0.39, 0.29) is 44.0 Å². The van der Waals surface area contributed by atoms with Crippen molar-refractivity contribution in [3.8, 4) is 22.6 Å². The smallest absolute Gasteiger partial charge is 0.259 e. The predicted molar refractivity (Wildman–Crippen MR) is 230 cm³/mol. The lowest BCUT2D eigenvalue weighted by Gasteiger charge is -2.11. The van der Waals surface area contributed by atoms with E-state index in [1.165, 1.54) is 0 Å². The summed E-state index contributed by atoms with van der Waals surface area (Å²) in [5.74, 6) is -1.63. The Labute approximate surface area is 341 Å². The van der Waals surface area contributed by atoms with Crippen LogP contribution in [0.25, 0.3) is 32.7 Å². The van der Waals surface area contributed by atoms with Gasteiger partial charge in [-0.15, -0.1) is 20.5 Å². The first-order chi connectivity index (χ1) is 28.2. The van der Waals surface area contributed by atoms with Gasteiger partial charge in [0.2, 0.25) is 0 Å². The number of hydrogen-bond donors (Lipinski definition) is 4. The van der Waals surface area contributed by atoms with E-state index < -0.39 is 11.8 Å². The Morgan fingerprint density at radius 3 is 1.22 bits per heavy atom. The Bertz CT molecular complexity index is 2740. The van der Waals surface area contributed by atoms with E-state index in [1.807, 2.05) is 48.5 Å². The zero-order chi connectivity index (χ0) is 40.2. The van der Waals surface area contributed by atoms with Gasteiger partial charge >= 0.3 is 0 Å². The molecule has 0 heterocycles. The van der Waals surface area contributed by atoms with Gasteiger partial charge in [-0.25, -0.2) is 0 Å². The molecule has 0 aliphatic rings. The SMILES string of the molecule is O=C(Nc1ccccc1)c1cc2ccccc2c(N=Nc2ccc(-c3ccc(N=Nc4c(O)c(C(=O)Nc5ccccc5)cc5ccccc45)c(Cl)c3)cc2Cl)c1O. The molecule has 8 rings (SSSR count). The van der Waals surface area contributed by atoms with Crippen LogP contribution in [0.5, 0.6) is 11.5 Å². The van der Waals surface area contributed by atoms with Crippen LogP contribution in [0.1, 0.15) is 20.7 Å². The number of halogens is 2. The van der Waals surface area contributed by atoms with Crippen molar-refractivity contribution in [1.29, 1.82) is 0 Å². The highest BCUT2D eigenvalue weighted by Gasteiger charge is 2.20. The van der Waals surface area contributed by atoms with Crippen molar-refractivity contribution < 1.29 is 19.8 Å². The second kappa shape index (κ2) is 16.4. The lowest BCUT2D eigenvalue weighted by atomic mass is 10.0. The zero-order valence-corrected chi connectivity index (χ0v) is 31.8. The molecule has 0 aliphatic heterocycles. The second-order valence-corrected chi connectivity index (χ2v) is 13.9. The molecule has 282 valence electrons.